The first kappa shape index (κ1) is 13.4. The predicted octanol–water partition coefficient (Wildman–Crippen LogP) is 2.41. The molecule has 18 heavy (non-hydrogen) atoms. The number of amides is 1. The Morgan fingerprint density at radius 3 is 3.06 bits per heavy atom. The Kier molecular flexibility index (Phi) is 4.61. The summed E-state index contributed by atoms with van der Waals surface area (Å²) in [7, 11) is 1.86. The highest BCUT2D eigenvalue weighted by atomic mass is 35.5. The molecule has 1 N–H and O–H groups in total. The van der Waals surface area contributed by atoms with Crippen LogP contribution in [-0.2, 0) is 0 Å². The van der Waals surface area contributed by atoms with Gasteiger partial charge in [0, 0.05) is 24.2 Å². The molecule has 1 aromatic carbocycles. The van der Waals surface area contributed by atoms with Gasteiger partial charge in [-0.1, -0.05) is 17.7 Å². The van der Waals surface area contributed by atoms with Crippen LogP contribution in [0.2, 0.25) is 5.02 Å². The van der Waals surface area contributed by atoms with Gasteiger partial charge in [0.1, 0.15) is 0 Å². The number of halogens is 1. The van der Waals surface area contributed by atoms with Gasteiger partial charge in [0.15, 0.2) is 0 Å². The summed E-state index contributed by atoms with van der Waals surface area (Å²) < 4.78 is 0. The number of rotatable bonds is 3. The molecule has 2 rings (SSSR count). The average Bonchev–Trinajstić information content (AvgIpc) is 2.39. The van der Waals surface area contributed by atoms with Crippen molar-refractivity contribution in [2.24, 2.45) is 5.92 Å². The van der Waals surface area contributed by atoms with Gasteiger partial charge in [-0.25, -0.2) is 0 Å². The van der Waals surface area contributed by atoms with Gasteiger partial charge in [0.05, 0.1) is 0 Å². The number of hydrogen-bond donors (Lipinski definition) is 1. The SMILES string of the molecule is CN(CC1CCCNC1)C(=O)c1cccc(Cl)c1. The van der Waals surface area contributed by atoms with Gasteiger partial charge in [-0.2, -0.15) is 0 Å². The van der Waals surface area contributed by atoms with Gasteiger partial charge < -0.3 is 10.2 Å². The summed E-state index contributed by atoms with van der Waals surface area (Å²) in [5, 5.41) is 3.97. The molecule has 0 aromatic heterocycles. The van der Waals surface area contributed by atoms with Gasteiger partial charge in [-0.05, 0) is 50.0 Å². The topological polar surface area (TPSA) is 32.3 Å². The van der Waals surface area contributed by atoms with Crippen molar-refractivity contribution < 1.29 is 4.79 Å². The largest absolute Gasteiger partial charge is 0.341 e. The van der Waals surface area contributed by atoms with Gasteiger partial charge in [0.25, 0.3) is 5.91 Å². The maximum Gasteiger partial charge on any atom is 0.253 e. The number of piperidine rings is 1. The molecule has 1 saturated heterocycles. The highest BCUT2D eigenvalue weighted by Crippen LogP contribution is 2.15. The second-order valence-electron chi connectivity index (χ2n) is 4.91. The van der Waals surface area contributed by atoms with Crippen LogP contribution in [0.5, 0.6) is 0 Å². The average molecular weight is 267 g/mol. The molecule has 1 aliphatic rings. The van der Waals surface area contributed by atoms with Crippen molar-refractivity contribution in [1.29, 1.82) is 0 Å². The lowest BCUT2D eigenvalue weighted by atomic mass is 9.99. The van der Waals surface area contributed by atoms with Gasteiger partial charge in [-0.15, -0.1) is 0 Å². The van der Waals surface area contributed by atoms with E-state index in [1.165, 1.54) is 12.8 Å². The van der Waals surface area contributed by atoms with E-state index < -0.39 is 0 Å². The summed E-state index contributed by atoms with van der Waals surface area (Å²) >= 11 is 5.90. The Morgan fingerprint density at radius 1 is 1.56 bits per heavy atom. The maximum absolute atomic E-state index is 12.2. The summed E-state index contributed by atoms with van der Waals surface area (Å²) in [6.07, 6.45) is 2.39. The predicted molar refractivity (Wildman–Crippen MR) is 74.0 cm³/mol. The van der Waals surface area contributed by atoms with Crippen LogP contribution in [0.3, 0.4) is 0 Å². The number of carbonyl (C=O) groups excluding carboxylic acids is 1. The molecular weight excluding hydrogens is 248 g/mol. The molecule has 0 aliphatic carbocycles. The lowest BCUT2D eigenvalue weighted by molar-refractivity contribution is 0.0765. The van der Waals surface area contributed by atoms with E-state index in [4.69, 9.17) is 11.6 Å². The minimum absolute atomic E-state index is 0.0445. The molecule has 1 aliphatic heterocycles. The monoisotopic (exact) mass is 266 g/mol. The fourth-order valence-corrected chi connectivity index (χ4v) is 2.58. The first-order valence-electron chi connectivity index (χ1n) is 6.38. The van der Waals surface area contributed by atoms with E-state index >= 15 is 0 Å². The highest BCUT2D eigenvalue weighted by molar-refractivity contribution is 6.30. The first-order chi connectivity index (χ1) is 8.66. The molecule has 4 heteroatoms. The van der Waals surface area contributed by atoms with Crippen molar-refractivity contribution in [2.75, 3.05) is 26.7 Å². The Labute approximate surface area is 113 Å². The molecular formula is C14H19ClN2O. The quantitative estimate of drug-likeness (QED) is 0.911. The molecule has 0 saturated carbocycles. The zero-order valence-electron chi connectivity index (χ0n) is 10.7. The molecule has 1 fully saturated rings. The van der Waals surface area contributed by atoms with Gasteiger partial charge in [-0.3, -0.25) is 4.79 Å². The molecule has 1 aromatic rings. The molecule has 0 spiro atoms. The van der Waals surface area contributed by atoms with E-state index in [0.717, 1.165) is 19.6 Å². The van der Waals surface area contributed by atoms with E-state index in [1.54, 1.807) is 17.0 Å². The van der Waals surface area contributed by atoms with E-state index in [9.17, 15) is 4.79 Å². The Balaban J connectivity index is 1.95. The van der Waals surface area contributed by atoms with Crippen molar-refractivity contribution in [3.63, 3.8) is 0 Å². The molecule has 1 atom stereocenters. The third kappa shape index (κ3) is 3.47. The normalized spacial score (nSPS) is 19.6. The Hall–Kier alpha value is -1.06. The van der Waals surface area contributed by atoms with E-state index in [1.807, 2.05) is 19.2 Å². The van der Waals surface area contributed by atoms with Crippen LogP contribution in [0, 0.1) is 5.92 Å². The van der Waals surface area contributed by atoms with Crippen LogP contribution in [-0.4, -0.2) is 37.5 Å². The fourth-order valence-electron chi connectivity index (χ4n) is 2.39. The summed E-state index contributed by atoms with van der Waals surface area (Å²) in [6, 6.07) is 7.12. The molecule has 0 bridgehead atoms. The van der Waals surface area contributed by atoms with E-state index in [-0.39, 0.29) is 5.91 Å². The maximum atomic E-state index is 12.2. The summed E-state index contributed by atoms with van der Waals surface area (Å²) in [5.41, 5.74) is 0.661. The van der Waals surface area contributed by atoms with Crippen LogP contribution in [0.4, 0.5) is 0 Å². The second-order valence-corrected chi connectivity index (χ2v) is 5.34. The van der Waals surface area contributed by atoms with E-state index in [0.29, 0.717) is 16.5 Å². The summed E-state index contributed by atoms with van der Waals surface area (Å²) in [5.74, 6) is 0.606. The number of carbonyl (C=O) groups is 1. The highest BCUT2D eigenvalue weighted by Gasteiger charge is 2.18. The lowest BCUT2D eigenvalue weighted by Gasteiger charge is -2.27. The Bertz CT molecular complexity index is 416. The van der Waals surface area contributed by atoms with Crippen molar-refractivity contribution in [2.45, 2.75) is 12.8 Å². The molecule has 0 radical (unpaired) electrons. The van der Waals surface area contributed by atoms with Gasteiger partial charge in [0.2, 0.25) is 0 Å². The molecule has 1 heterocycles. The van der Waals surface area contributed by atoms with Crippen LogP contribution in [0.15, 0.2) is 24.3 Å². The number of benzene rings is 1. The minimum Gasteiger partial charge on any atom is -0.341 e. The fraction of sp³-hybridized carbons (Fsp3) is 0.500. The molecule has 1 unspecified atom stereocenters. The molecule has 1 amide bonds. The summed E-state index contributed by atoms with van der Waals surface area (Å²) in [6.45, 7) is 2.91. The third-order valence-electron chi connectivity index (χ3n) is 3.35. The number of nitrogens with one attached hydrogen (secondary N) is 1. The molecule has 98 valence electrons. The van der Waals surface area contributed by atoms with Crippen molar-refractivity contribution >= 4 is 17.5 Å². The second kappa shape index (κ2) is 6.21. The zero-order valence-corrected chi connectivity index (χ0v) is 11.4. The van der Waals surface area contributed by atoms with Crippen LogP contribution >= 0.6 is 11.6 Å². The van der Waals surface area contributed by atoms with Crippen molar-refractivity contribution in [3.05, 3.63) is 34.9 Å². The van der Waals surface area contributed by atoms with Crippen LogP contribution < -0.4 is 5.32 Å². The number of nitrogens with zero attached hydrogens (tertiary/aromatic N) is 1. The third-order valence-corrected chi connectivity index (χ3v) is 3.58. The van der Waals surface area contributed by atoms with Crippen molar-refractivity contribution in [3.8, 4) is 0 Å². The van der Waals surface area contributed by atoms with Crippen LogP contribution in [0.1, 0.15) is 23.2 Å². The van der Waals surface area contributed by atoms with Gasteiger partial charge >= 0.3 is 0 Å². The lowest BCUT2D eigenvalue weighted by Crippen LogP contribution is -2.39. The smallest absolute Gasteiger partial charge is 0.253 e. The van der Waals surface area contributed by atoms with Crippen molar-refractivity contribution in [1.82, 2.24) is 10.2 Å². The zero-order chi connectivity index (χ0) is 13.0. The Morgan fingerprint density at radius 2 is 2.39 bits per heavy atom. The van der Waals surface area contributed by atoms with E-state index in [2.05, 4.69) is 5.32 Å². The standard InChI is InChI=1S/C14H19ClN2O/c1-17(10-11-4-3-7-16-9-11)14(18)12-5-2-6-13(15)8-12/h2,5-6,8,11,16H,3-4,7,9-10H2,1H3. The van der Waals surface area contributed by atoms with Crippen LogP contribution in [0.25, 0.3) is 0 Å². The first-order valence-corrected chi connectivity index (χ1v) is 6.76. The molecule has 3 nitrogen and oxygen atoms in total. The minimum atomic E-state index is 0.0445. The summed E-state index contributed by atoms with van der Waals surface area (Å²) in [4.78, 5) is 14.0. The number of hydrogen-bond acceptors (Lipinski definition) is 2.